The largest absolute Gasteiger partial charge is 0.416 e. The highest BCUT2D eigenvalue weighted by Gasteiger charge is 2.39. The van der Waals surface area contributed by atoms with Crippen LogP contribution in [-0.2, 0) is 29.5 Å². The van der Waals surface area contributed by atoms with E-state index in [0.29, 0.717) is 11.1 Å². The van der Waals surface area contributed by atoms with Crippen molar-refractivity contribution < 1.29 is 34.8 Å². The lowest BCUT2D eigenvalue weighted by Crippen LogP contribution is -2.23. The zero-order valence-corrected chi connectivity index (χ0v) is 19.2. The first-order valence-electron chi connectivity index (χ1n) is 10.4. The van der Waals surface area contributed by atoms with Crippen LogP contribution < -0.4 is 0 Å². The van der Waals surface area contributed by atoms with E-state index < -0.39 is 39.2 Å². The van der Waals surface area contributed by atoms with Crippen LogP contribution in [0.1, 0.15) is 30.5 Å². The predicted octanol–water partition coefficient (Wildman–Crippen LogP) is 6.19. The van der Waals surface area contributed by atoms with Crippen LogP contribution in [0.15, 0.2) is 40.8 Å². The highest BCUT2D eigenvalue weighted by Crippen LogP contribution is 2.42. The lowest BCUT2D eigenvalue weighted by molar-refractivity contribution is -0.137. The lowest BCUT2D eigenvalue weighted by atomic mass is 9.83. The average Bonchev–Trinajstić information content (AvgIpc) is 3.07. The van der Waals surface area contributed by atoms with Crippen molar-refractivity contribution in [3.8, 4) is 11.4 Å². The summed E-state index contributed by atoms with van der Waals surface area (Å²) in [5.74, 6) is -1.07. The molecule has 182 valence electrons. The third kappa shape index (κ3) is 4.10. The van der Waals surface area contributed by atoms with Crippen molar-refractivity contribution in [2.45, 2.75) is 37.5 Å². The normalized spacial score (nSPS) is 17.1. The van der Waals surface area contributed by atoms with Gasteiger partial charge in [0.1, 0.15) is 5.82 Å². The highest BCUT2D eigenvalue weighted by atomic mass is 32.2. The molecule has 0 amide bonds. The van der Waals surface area contributed by atoms with Gasteiger partial charge in [0.25, 0.3) is 0 Å². The summed E-state index contributed by atoms with van der Waals surface area (Å²) in [6.45, 7) is 2.86. The molecule has 0 radical (unpaired) electrons. The number of halogens is 6. The Morgan fingerprint density at radius 1 is 1.06 bits per heavy atom. The molecule has 1 aliphatic rings. The Hall–Kier alpha value is -2.82. The molecule has 34 heavy (non-hydrogen) atoms. The van der Waals surface area contributed by atoms with Crippen molar-refractivity contribution in [1.29, 1.82) is 0 Å². The van der Waals surface area contributed by atoms with E-state index in [0.717, 1.165) is 18.2 Å². The number of nitrogens with zero attached hydrogens (tertiary/aromatic N) is 2. The number of aryl methyl sites for hydroxylation is 1. The van der Waals surface area contributed by atoms with Gasteiger partial charge in [-0.25, -0.2) is 13.4 Å². The average molecular weight is 502 g/mol. The van der Waals surface area contributed by atoms with Gasteiger partial charge in [-0.15, -0.1) is 0 Å². The molecule has 1 heterocycles. The molecule has 0 saturated carbocycles. The third-order valence-electron chi connectivity index (χ3n) is 6.10. The molecule has 4 rings (SSSR count). The second-order valence-corrected chi connectivity index (χ2v) is 10.6. The molecule has 1 aromatic heterocycles. The maximum absolute atomic E-state index is 13.5. The number of benzene rings is 2. The van der Waals surface area contributed by atoms with E-state index in [2.05, 4.69) is 4.98 Å². The van der Waals surface area contributed by atoms with Crippen LogP contribution in [0.4, 0.5) is 26.3 Å². The number of hydrogen-bond acceptors (Lipinski definition) is 3. The second kappa shape index (κ2) is 7.86. The van der Waals surface area contributed by atoms with Crippen LogP contribution in [-0.4, -0.2) is 29.9 Å². The van der Waals surface area contributed by atoms with Crippen molar-refractivity contribution in [2.24, 2.45) is 13.0 Å². The molecule has 4 nitrogen and oxygen atoms in total. The molecule has 0 saturated heterocycles. The predicted molar refractivity (Wildman–Crippen MR) is 116 cm³/mol. The van der Waals surface area contributed by atoms with Gasteiger partial charge in [-0.05, 0) is 59.9 Å². The van der Waals surface area contributed by atoms with E-state index in [1.165, 1.54) is 43.7 Å². The number of hydrogen-bond donors (Lipinski definition) is 0. The van der Waals surface area contributed by atoms with Gasteiger partial charge in [-0.1, -0.05) is 13.8 Å². The molecule has 3 aromatic rings. The lowest BCUT2D eigenvalue weighted by Gasteiger charge is -2.26. The molecule has 0 fully saturated rings. The number of imidazole rings is 1. The Bertz CT molecular complexity index is 1430. The smallest absolute Gasteiger partial charge is 0.327 e. The number of sulfone groups is 1. The SMILES string of the molecule is CCS(=O)(=O)c1cc2c(cc1-c1nc3cc(C(F)(F)F)ccc3n1C)C=C(C(F)(F)F)C(C)C2. The van der Waals surface area contributed by atoms with E-state index in [-0.39, 0.29) is 39.5 Å². The minimum atomic E-state index is -4.59. The fourth-order valence-electron chi connectivity index (χ4n) is 4.27. The van der Waals surface area contributed by atoms with Crippen LogP contribution >= 0.6 is 0 Å². The molecule has 1 aliphatic carbocycles. The number of allylic oxidation sites excluding steroid dienone is 1. The van der Waals surface area contributed by atoms with Gasteiger partial charge < -0.3 is 4.57 Å². The fourth-order valence-corrected chi connectivity index (χ4v) is 5.38. The molecule has 0 bridgehead atoms. The number of fused-ring (bicyclic) bond motifs is 2. The quantitative estimate of drug-likeness (QED) is 0.402. The maximum Gasteiger partial charge on any atom is 0.416 e. The van der Waals surface area contributed by atoms with Crippen LogP contribution in [0, 0.1) is 5.92 Å². The topological polar surface area (TPSA) is 52.0 Å². The summed E-state index contributed by atoms with van der Waals surface area (Å²) in [6.07, 6.45) is -8.13. The Morgan fingerprint density at radius 2 is 1.74 bits per heavy atom. The number of aromatic nitrogens is 2. The molecule has 2 aromatic carbocycles. The van der Waals surface area contributed by atoms with Crippen LogP contribution in [0.25, 0.3) is 28.5 Å². The zero-order chi connectivity index (χ0) is 25.2. The Morgan fingerprint density at radius 3 is 2.32 bits per heavy atom. The van der Waals surface area contributed by atoms with E-state index >= 15 is 0 Å². The van der Waals surface area contributed by atoms with Crippen LogP contribution in [0.3, 0.4) is 0 Å². The minimum absolute atomic E-state index is 0.00464. The third-order valence-corrected chi connectivity index (χ3v) is 7.87. The van der Waals surface area contributed by atoms with E-state index in [4.69, 9.17) is 0 Å². The summed E-state index contributed by atoms with van der Waals surface area (Å²) in [5.41, 5.74) is -0.626. The van der Waals surface area contributed by atoms with E-state index in [1.54, 1.807) is 0 Å². The number of alkyl halides is 6. The summed E-state index contributed by atoms with van der Waals surface area (Å²) >= 11 is 0. The molecule has 0 spiro atoms. The van der Waals surface area contributed by atoms with Crippen molar-refractivity contribution in [3.05, 3.63) is 52.6 Å². The first-order valence-corrected chi connectivity index (χ1v) is 12.0. The Balaban J connectivity index is 2.01. The van der Waals surface area contributed by atoms with Gasteiger partial charge >= 0.3 is 12.4 Å². The Kier molecular flexibility index (Phi) is 5.62. The fraction of sp³-hybridized carbons (Fsp3) is 0.348. The van der Waals surface area contributed by atoms with Gasteiger partial charge in [0.15, 0.2) is 9.84 Å². The Labute approximate surface area is 191 Å². The summed E-state index contributed by atoms with van der Waals surface area (Å²) in [4.78, 5) is 4.14. The monoisotopic (exact) mass is 502 g/mol. The van der Waals surface area contributed by atoms with E-state index in [1.807, 2.05) is 0 Å². The minimum Gasteiger partial charge on any atom is -0.327 e. The molecular formula is C23H20F6N2O2S. The molecule has 1 unspecified atom stereocenters. The van der Waals surface area contributed by atoms with Crippen molar-refractivity contribution in [3.63, 3.8) is 0 Å². The van der Waals surface area contributed by atoms with Gasteiger partial charge in [-0.2, -0.15) is 26.3 Å². The zero-order valence-electron chi connectivity index (χ0n) is 18.3. The first-order chi connectivity index (χ1) is 15.6. The van der Waals surface area contributed by atoms with Crippen molar-refractivity contribution in [2.75, 3.05) is 5.75 Å². The first kappa shape index (κ1) is 24.3. The summed E-state index contributed by atoms with van der Waals surface area (Å²) in [7, 11) is -2.32. The summed E-state index contributed by atoms with van der Waals surface area (Å²) < 4.78 is 107. The van der Waals surface area contributed by atoms with Crippen molar-refractivity contribution >= 4 is 26.9 Å². The molecule has 0 aliphatic heterocycles. The summed E-state index contributed by atoms with van der Waals surface area (Å²) in [6, 6.07) is 5.68. The molecular weight excluding hydrogens is 482 g/mol. The molecule has 11 heteroatoms. The number of rotatable bonds is 3. The van der Waals surface area contributed by atoms with Crippen LogP contribution in [0.2, 0.25) is 0 Å². The summed E-state index contributed by atoms with van der Waals surface area (Å²) in [5, 5.41) is 0. The standard InChI is InChI=1S/C23H20F6N2O2S/c1-4-34(32,33)20-10-13-7-12(2)17(23(27,28)29)9-14(13)8-16(20)21-30-18-11-15(22(24,25)26)5-6-19(18)31(21)3/h5-6,8-12H,4,7H2,1-3H3. The molecule has 1 atom stereocenters. The van der Waals surface area contributed by atoms with E-state index in [9.17, 15) is 34.8 Å². The second-order valence-electron chi connectivity index (χ2n) is 8.35. The molecule has 0 N–H and O–H groups in total. The van der Waals surface area contributed by atoms with Crippen LogP contribution in [0.5, 0.6) is 0 Å². The van der Waals surface area contributed by atoms with Gasteiger partial charge in [0, 0.05) is 18.2 Å². The van der Waals surface area contributed by atoms with Gasteiger partial charge in [0.05, 0.1) is 27.2 Å². The van der Waals surface area contributed by atoms with Crippen molar-refractivity contribution in [1.82, 2.24) is 9.55 Å². The highest BCUT2D eigenvalue weighted by molar-refractivity contribution is 7.91. The van der Waals surface area contributed by atoms with Gasteiger partial charge in [-0.3, -0.25) is 0 Å². The van der Waals surface area contributed by atoms with Gasteiger partial charge in [0.2, 0.25) is 0 Å². The maximum atomic E-state index is 13.5.